The van der Waals surface area contributed by atoms with E-state index in [4.69, 9.17) is 58.7 Å². The van der Waals surface area contributed by atoms with Gasteiger partial charge < -0.3 is 93.1 Å². The zero-order chi connectivity index (χ0) is 14.3. The van der Waals surface area contributed by atoms with Crippen molar-refractivity contribution in [2.24, 2.45) is 0 Å². The molecular weight excluding hydrogens is 937 g/mol. The van der Waals surface area contributed by atoms with E-state index in [0.29, 0.717) is 0 Å². The molecule has 0 unspecified atom stereocenters. The van der Waals surface area contributed by atoms with Crippen molar-refractivity contribution in [3.05, 3.63) is 0 Å². The Hall–Kier alpha value is 4.01. The van der Waals surface area contributed by atoms with Crippen LogP contribution in [0.1, 0.15) is 0 Å². The Kier molecular flexibility index (Phi) is 86.7. The molecule has 19 heteroatoms. The van der Waals surface area contributed by atoms with Gasteiger partial charge in [-0.1, -0.05) is 0 Å². The number of hydrogen-bond donors (Lipinski definition) is 0. The third kappa shape index (κ3) is 549. The third-order valence-electron chi connectivity index (χ3n) is 0. The second-order valence-corrected chi connectivity index (χ2v) is 2.68. The molecule has 0 aliphatic heterocycles. The van der Waals surface area contributed by atoms with E-state index in [1.165, 1.54) is 0 Å². The fraction of sp³-hybridized carbons (Fsp3) is 0. The van der Waals surface area contributed by atoms with Crippen LogP contribution in [0.4, 0.5) is 0 Å². The standard InChI is InChI=1S/4O3P.3Pb/c4*1-4(2)3;;;/q4*-3;;;. The van der Waals surface area contributed by atoms with Gasteiger partial charge in [0.1, 0.15) is 0 Å². The van der Waals surface area contributed by atoms with Crippen molar-refractivity contribution in [2.45, 2.75) is 0 Å². The van der Waals surface area contributed by atoms with E-state index in [-0.39, 0.29) is 81.9 Å². The largest absolute Gasteiger partial charge is 0.854 e. The van der Waals surface area contributed by atoms with Crippen LogP contribution in [0.5, 0.6) is 0 Å². The summed E-state index contributed by atoms with van der Waals surface area (Å²) in [6.45, 7) is 0. The van der Waals surface area contributed by atoms with Crippen molar-refractivity contribution in [1.29, 1.82) is 0 Å². The first-order chi connectivity index (χ1) is 6.93. The minimum absolute atomic E-state index is 0. The molecule has 19 heavy (non-hydrogen) atoms. The zero-order valence-electron chi connectivity index (χ0n) is 8.19. The Morgan fingerprint density at radius 1 is 0.263 bits per heavy atom. The van der Waals surface area contributed by atoms with E-state index < -0.39 is 34.4 Å². The average Bonchev–Trinajstić information content (AvgIpc) is 1.76. The molecule has 0 aliphatic carbocycles. The second kappa shape index (κ2) is 37.9. The van der Waals surface area contributed by atoms with Crippen molar-refractivity contribution in [1.82, 2.24) is 0 Å². The predicted octanol–water partition coefficient (Wildman–Crippen LogP) is -12.0. The van der Waals surface area contributed by atoms with Gasteiger partial charge in [-0.05, 0) is 0 Å². The van der Waals surface area contributed by atoms with Gasteiger partial charge in [-0.15, -0.1) is 0 Å². The molecule has 116 valence electrons. The van der Waals surface area contributed by atoms with Gasteiger partial charge in [-0.25, -0.2) is 0 Å². The molecule has 0 amide bonds. The maximum absolute atomic E-state index is 8.48. The van der Waals surface area contributed by atoms with E-state index in [1.54, 1.807) is 0 Å². The monoisotopic (exact) mass is 940 g/mol. The van der Waals surface area contributed by atoms with E-state index in [9.17, 15) is 0 Å². The molecule has 12 radical (unpaired) electrons. The molecule has 0 bridgehead atoms. The molecule has 0 heterocycles. The van der Waals surface area contributed by atoms with Crippen molar-refractivity contribution < 1.29 is 58.7 Å². The number of hydrogen-bond acceptors (Lipinski definition) is 12. The van der Waals surface area contributed by atoms with Crippen LogP contribution < -0.4 is 58.7 Å². The van der Waals surface area contributed by atoms with E-state index in [1.807, 2.05) is 0 Å². The quantitative estimate of drug-likeness (QED) is 0.162. The molecular formula is O12P4Pb3-12. The summed E-state index contributed by atoms with van der Waals surface area (Å²) >= 11 is 0. The van der Waals surface area contributed by atoms with Crippen LogP contribution in [0.2, 0.25) is 0 Å². The second-order valence-electron chi connectivity index (χ2n) is 0.894. The maximum Gasteiger partial charge on any atom is 0 e. The summed E-state index contributed by atoms with van der Waals surface area (Å²) in [6.07, 6.45) is 0. The topological polar surface area (TPSA) is 277 Å². The van der Waals surface area contributed by atoms with Gasteiger partial charge in [0.05, 0.1) is 0 Å². The Bertz CT molecular complexity index is 68.0. The van der Waals surface area contributed by atoms with E-state index >= 15 is 0 Å². The summed E-state index contributed by atoms with van der Waals surface area (Å²) in [4.78, 5) is 102. The fourth-order valence-corrected chi connectivity index (χ4v) is 0. The van der Waals surface area contributed by atoms with Crippen molar-refractivity contribution in [2.75, 3.05) is 0 Å². The van der Waals surface area contributed by atoms with Crippen molar-refractivity contribution in [3.63, 3.8) is 0 Å². The summed E-state index contributed by atoms with van der Waals surface area (Å²) in [5.41, 5.74) is 0. The molecule has 0 fully saturated rings. The van der Waals surface area contributed by atoms with Gasteiger partial charge in [0.25, 0.3) is 0 Å². The Labute approximate surface area is 173 Å². The van der Waals surface area contributed by atoms with Crippen LogP contribution >= 0.6 is 34.4 Å². The minimum atomic E-state index is -3.37. The molecule has 0 atom stereocenters. The summed E-state index contributed by atoms with van der Waals surface area (Å²) in [5, 5.41) is 0. The van der Waals surface area contributed by atoms with Gasteiger partial charge in [-0.2, -0.15) is 0 Å². The van der Waals surface area contributed by atoms with Crippen LogP contribution in [-0.4, -0.2) is 81.9 Å². The zero-order valence-corrected chi connectivity index (χ0v) is 23.4. The molecule has 0 rings (SSSR count). The SMILES string of the molecule is [O-]P([O-])[O-].[O-]P([O-])[O-].[O-]P([O-])[O-].[O-]P([O-])[O-].[Pb].[Pb].[Pb]. The van der Waals surface area contributed by atoms with Crippen LogP contribution in [0.25, 0.3) is 0 Å². The normalized spacial score (nSPS) is 7.58. The molecule has 0 N–H and O–H groups in total. The first-order valence-electron chi connectivity index (χ1n) is 2.19. The van der Waals surface area contributed by atoms with Gasteiger partial charge in [0, 0.05) is 81.9 Å². The average molecular weight is 937 g/mol. The molecule has 0 aromatic carbocycles. The molecule has 0 aromatic rings. The van der Waals surface area contributed by atoms with Crippen LogP contribution in [-0.2, 0) is 0 Å². The van der Waals surface area contributed by atoms with Gasteiger partial charge in [0.2, 0.25) is 0 Å². The first kappa shape index (κ1) is 43.5. The summed E-state index contributed by atoms with van der Waals surface area (Å²) in [6, 6.07) is 0. The fourth-order valence-electron chi connectivity index (χ4n) is 0. The van der Waals surface area contributed by atoms with E-state index in [0.717, 1.165) is 0 Å². The van der Waals surface area contributed by atoms with Crippen molar-refractivity contribution in [3.8, 4) is 0 Å². The summed E-state index contributed by atoms with van der Waals surface area (Å²) in [7, 11) is -13.5. The Balaban J connectivity index is -0.0000000192. The molecule has 0 spiro atoms. The Morgan fingerprint density at radius 2 is 0.263 bits per heavy atom. The molecule has 12 nitrogen and oxygen atoms in total. The van der Waals surface area contributed by atoms with Crippen LogP contribution in [0.3, 0.4) is 0 Å². The molecule has 0 aliphatic rings. The molecule has 0 aromatic heterocycles. The Morgan fingerprint density at radius 3 is 0.263 bits per heavy atom. The minimum Gasteiger partial charge on any atom is -0.854 e. The van der Waals surface area contributed by atoms with Crippen LogP contribution in [0.15, 0.2) is 0 Å². The molecule has 0 saturated heterocycles. The molecule has 0 saturated carbocycles. The van der Waals surface area contributed by atoms with Gasteiger partial charge in [-0.3, -0.25) is 0 Å². The smallest absolute Gasteiger partial charge is 0 e. The van der Waals surface area contributed by atoms with Crippen LogP contribution in [0, 0.1) is 0 Å². The third-order valence-corrected chi connectivity index (χ3v) is 0. The van der Waals surface area contributed by atoms with Gasteiger partial charge >= 0.3 is 0 Å². The van der Waals surface area contributed by atoms with E-state index in [2.05, 4.69) is 0 Å². The van der Waals surface area contributed by atoms with Gasteiger partial charge in [0.15, 0.2) is 0 Å². The van der Waals surface area contributed by atoms with Crippen molar-refractivity contribution >= 4 is 116 Å². The summed E-state index contributed by atoms with van der Waals surface area (Å²) in [5.74, 6) is 0. The predicted molar refractivity (Wildman–Crippen MR) is 44.9 cm³/mol. The first-order valence-corrected chi connectivity index (χ1v) is 6.57. The number of rotatable bonds is 0. The maximum atomic E-state index is 8.48. The summed E-state index contributed by atoms with van der Waals surface area (Å²) < 4.78 is 0.